The second-order valence-electron chi connectivity index (χ2n) is 11.4. The van der Waals surface area contributed by atoms with Gasteiger partial charge in [0.2, 0.25) is 11.8 Å². The lowest BCUT2D eigenvalue weighted by Gasteiger charge is -2.33. The average Bonchev–Trinajstić information content (AvgIpc) is 3.58. The number of thioether (sulfide) groups is 2. The third kappa shape index (κ3) is 7.46. The summed E-state index contributed by atoms with van der Waals surface area (Å²) in [7, 11) is 0. The van der Waals surface area contributed by atoms with Crippen molar-refractivity contribution in [3.05, 3.63) is 95.6 Å². The number of amides is 3. The van der Waals surface area contributed by atoms with E-state index in [1.165, 1.54) is 28.4 Å². The number of aryl methyl sites for hydroxylation is 1. The molecule has 1 unspecified atom stereocenters. The van der Waals surface area contributed by atoms with Gasteiger partial charge in [0.1, 0.15) is 6.04 Å². The summed E-state index contributed by atoms with van der Waals surface area (Å²) in [5.41, 5.74) is 4.60. The van der Waals surface area contributed by atoms with Gasteiger partial charge in [0, 0.05) is 11.3 Å². The van der Waals surface area contributed by atoms with Crippen LogP contribution in [-0.4, -0.2) is 72.3 Å². The molecular formula is C33H37N5O4S2. The molecule has 4 N–H and O–H groups in total. The molecule has 4 aromatic rings. The summed E-state index contributed by atoms with van der Waals surface area (Å²) >= 11 is 2.73. The fourth-order valence-electron chi connectivity index (χ4n) is 5.33. The summed E-state index contributed by atoms with van der Waals surface area (Å²) in [4.78, 5) is 49.7. The van der Waals surface area contributed by atoms with Crippen LogP contribution in [0.2, 0.25) is 0 Å². The highest BCUT2D eigenvalue weighted by atomic mass is 32.2. The van der Waals surface area contributed by atoms with Crippen LogP contribution in [0.25, 0.3) is 11.0 Å². The number of nitrogens with zero attached hydrogens (tertiary/aromatic N) is 2. The first-order chi connectivity index (χ1) is 21.1. The van der Waals surface area contributed by atoms with E-state index in [1.807, 2.05) is 99.6 Å². The number of imidazole rings is 1. The largest absolute Gasteiger partial charge is 0.381 e. The molecule has 0 spiro atoms. The number of benzene rings is 3. The maximum Gasteiger partial charge on any atom is 0.254 e. The second-order valence-corrected chi connectivity index (χ2v) is 14.0. The third-order valence-corrected chi connectivity index (χ3v) is 10.0. The number of para-hydroxylation sites is 2. The zero-order chi connectivity index (χ0) is 31.3. The van der Waals surface area contributed by atoms with Gasteiger partial charge in [0.25, 0.3) is 5.91 Å². The Morgan fingerprint density at radius 2 is 1.77 bits per heavy atom. The van der Waals surface area contributed by atoms with Gasteiger partial charge in [-0.2, -0.15) is 0 Å². The van der Waals surface area contributed by atoms with Gasteiger partial charge in [-0.3, -0.25) is 14.4 Å². The molecule has 3 atom stereocenters. The molecule has 5 rings (SSSR count). The van der Waals surface area contributed by atoms with E-state index in [4.69, 9.17) is 0 Å². The standard InChI is InChI=1S/C33H37N5O4S2/c1-21-11-7-8-14-23(21)18-34-30(41)29-33(2,3)44-20-38(29)31(42)28(40)26(17-22-12-5-4-6-13-22)35-27(39)19-43-32-36-24-15-9-10-16-25(24)37-32/h4-16,26,28-29,40H,17-20H2,1-3H3,(H,34,41)(H,35,39)(H,36,37)/t26-,28-,29?/m0/s1. The van der Waals surface area contributed by atoms with Crippen molar-refractivity contribution in [1.82, 2.24) is 25.5 Å². The Bertz CT molecular complexity index is 1590. The van der Waals surface area contributed by atoms with Gasteiger partial charge in [-0.15, -0.1) is 11.8 Å². The minimum absolute atomic E-state index is 0.0442. The van der Waals surface area contributed by atoms with Crippen molar-refractivity contribution in [3.8, 4) is 0 Å². The number of aliphatic hydroxyl groups is 1. The van der Waals surface area contributed by atoms with Gasteiger partial charge < -0.3 is 25.6 Å². The van der Waals surface area contributed by atoms with Crippen LogP contribution < -0.4 is 10.6 Å². The molecule has 44 heavy (non-hydrogen) atoms. The highest BCUT2D eigenvalue weighted by molar-refractivity contribution is 8.01. The average molecular weight is 632 g/mol. The zero-order valence-electron chi connectivity index (χ0n) is 24.9. The quantitative estimate of drug-likeness (QED) is 0.184. The lowest BCUT2D eigenvalue weighted by Crippen LogP contribution is -2.58. The monoisotopic (exact) mass is 631 g/mol. The number of aromatic amines is 1. The van der Waals surface area contributed by atoms with Gasteiger partial charge >= 0.3 is 0 Å². The number of carbonyl (C=O) groups excluding carboxylic acids is 3. The van der Waals surface area contributed by atoms with Crippen LogP contribution in [0.15, 0.2) is 84.0 Å². The van der Waals surface area contributed by atoms with Crippen LogP contribution in [-0.2, 0) is 27.3 Å². The van der Waals surface area contributed by atoms with Crippen molar-refractivity contribution in [2.45, 2.75) is 61.8 Å². The number of aliphatic hydroxyl groups excluding tert-OH is 1. The normalized spacial score (nSPS) is 17.3. The highest BCUT2D eigenvalue weighted by Gasteiger charge is 2.49. The molecule has 0 aliphatic carbocycles. The van der Waals surface area contributed by atoms with Gasteiger partial charge in [-0.1, -0.05) is 78.5 Å². The number of rotatable bonds is 11. The van der Waals surface area contributed by atoms with Gasteiger partial charge in [-0.05, 0) is 56.0 Å². The van der Waals surface area contributed by atoms with Crippen LogP contribution in [0.3, 0.4) is 0 Å². The first-order valence-electron chi connectivity index (χ1n) is 14.5. The van der Waals surface area contributed by atoms with Gasteiger partial charge in [-0.25, -0.2) is 4.98 Å². The fraction of sp³-hybridized carbons (Fsp3) is 0.333. The van der Waals surface area contributed by atoms with E-state index in [2.05, 4.69) is 20.6 Å². The van der Waals surface area contributed by atoms with Crippen LogP contribution in [0, 0.1) is 6.92 Å². The first-order valence-corrected chi connectivity index (χ1v) is 16.4. The number of H-pyrrole nitrogens is 1. The number of hydrogen-bond donors (Lipinski definition) is 4. The van der Waals surface area contributed by atoms with Crippen molar-refractivity contribution in [2.24, 2.45) is 0 Å². The third-order valence-electron chi connectivity index (χ3n) is 7.78. The Morgan fingerprint density at radius 1 is 1.07 bits per heavy atom. The number of hydrogen-bond acceptors (Lipinski definition) is 7. The molecule has 1 aliphatic heterocycles. The van der Waals surface area contributed by atoms with E-state index < -0.39 is 28.8 Å². The van der Waals surface area contributed by atoms with Crippen LogP contribution in [0.4, 0.5) is 0 Å². The van der Waals surface area contributed by atoms with Crippen molar-refractivity contribution in [1.29, 1.82) is 0 Å². The molecule has 9 nitrogen and oxygen atoms in total. The minimum atomic E-state index is -1.56. The van der Waals surface area contributed by atoms with E-state index in [1.54, 1.807) is 0 Å². The molecule has 1 fully saturated rings. The van der Waals surface area contributed by atoms with E-state index in [0.29, 0.717) is 11.7 Å². The molecule has 11 heteroatoms. The predicted molar refractivity (Wildman–Crippen MR) is 175 cm³/mol. The van der Waals surface area contributed by atoms with Crippen molar-refractivity contribution < 1.29 is 19.5 Å². The van der Waals surface area contributed by atoms with Crippen molar-refractivity contribution >= 4 is 52.3 Å². The van der Waals surface area contributed by atoms with Crippen molar-refractivity contribution in [2.75, 3.05) is 11.6 Å². The van der Waals surface area contributed by atoms with E-state index in [-0.39, 0.29) is 29.9 Å². The summed E-state index contributed by atoms with van der Waals surface area (Å²) < 4.78 is -0.577. The summed E-state index contributed by atoms with van der Waals surface area (Å²) in [5.74, 6) is -0.922. The van der Waals surface area contributed by atoms with Crippen LogP contribution >= 0.6 is 23.5 Å². The molecule has 2 heterocycles. The Kier molecular flexibility index (Phi) is 9.97. The first kappa shape index (κ1) is 31.6. The molecule has 230 valence electrons. The maximum absolute atomic E-state index is 13.9. The number of nitrogens with one attached hydrogen (secondary N) is 3. The molecule has 3 aromatic carbocycles. The number of fused-ring (bicyclic) bond motifs is 1. The number of carbonyl (C=O) groups is 3. The molecule has 1 saturated heterocycles. The summed E-state index contributed by atoms with van der Waals surface area (Å²) in [5, 5.41) is 18.0. The van der Waals surface area contributed by atoms with Crippen LogP contribution in [0.1, 0.15) is 30.5 Å². The Morgan fingerprint density at radius 3 is 2.52 bits per heavy atom. The lowest BCUT2D eigenvalue weighted by atomic mass is 9.97. The smallest absolute Gasteiger partial charge is 0.254 e. The predicted octanol–water partition coefficient (Wildman–Crippen LogP) is 4.05. The second kappa shape index (κ2) is 13.9. The Labute approximate surface area is 265 Å². The van der Waals surface area contributed by atoms with E-state index in [9.17, 15) is 19.5 Å². The SMILES string of the molecule is Cc1ccccc1CNC(=O)C1N(C(=O)[C@@H](O)[C@H](Cc2ccccc2)NC(=O)CSc2nc3ccccc3[nH]2)CSC1(C)C. The molecule has 0 bridgehead atoms. The van der Waals surface area contributed by atoms with Gasteiger partial charge in [0.15, 0.2) is 11.3 Å². The molecule has 3 amide bonds. The topological polar surface area (TPSA) is 127 Å². The molecular weight excluding hydrogens is 595 g/mol. The van der Waals surface area contributed by atoms with Crippen LogP contribution in [0.5, 0.6) is 0 Å². The van der Waals surface area contributed by atoms with E-state index >= 15 is 0 Å². The number of aromatic nitrogens is 2. The zero-order valence-corrected chi connectivity index (χ0v) is 26.6. The Hall–Kier alpha value is -3.80. The molecule has 0 radical (unpaired) electrons. The highest BCUT2D eigenvalue weighted by Crippen LogP contribution is 2.40. The van der Waals surface area contributed by atoms with Crippen molar-refractivity contribution in [3.63, 3.8) is 0 Å². The summed E-state index contributed by atoms with van der Waals surface area (Å²) in [6.07, 6.45) is -1.32. The lowest BCUT2D eigenvalue weighted by molar-refractivity contribution is -0.147. The molecule has 1 aliphatic rings. The summed E-state index contributed by atoms with van der Waals surface area (Å²) in [6, 6.07) is 23.1. The summed E-state index contributed by atoms with van der Waals surface area (Å²) in [6.45, 7) is 6.17. The fourth-order valence-corrected chi connectivity index (χ4v) is 7.17. The maximum atomic E-state index is 13.9. The Balaban J connectivity index is 1.29. The minimum Gasteiger partial charge on any atom is -0.381 e. The molecule has 1 aromatic heterocycles. The van der Waals surface area contributed by atoms with Gasteiger partial charge in [0.05, 0.1) is 28.7 Å². The van der Waals surface area contributed by atoms with E-state index in [0.717, 1.165) is 27.7 Å². The molecule has 0 saturated carbocycles.